The van der Waals surface area contributed by atoms with E-state index in [1.807, 2.05) is 26.0 Å². The minimum Gasteiger partial charge on any atom is -0.269 e. The van der Waals surface area contributed by atoms with Crippen LogP contribution in [0.4, 0.5) is 0 Å². The lowest BCUT2D eigenvalue weighted by atomic mass is 10.2. The van der Waals surface area contributed by atoms with E-state index in [1.54, 1.807) is 6.08 Å². The highest BCUT2D eigenvalue weighted by molar-refractivity contribution is 9.09. The molecule has 86 valence electrons. The van der Waals surface area contributed by atoms with Crippen molar-refractivity contribution in [2.24, 2.45) is 0 Å². The Hall–Kier alpha value is -1.16. The van der Waals surface area contributed by atoms with Crippen LogP contribution >= 0.6 is 15.9 Å². The summed E-state index contributed by atoms with van der Waals surface area (Å²) in [5.41, 5.74) is 0.633. The molecule has 0 aromatic carbocycles. The molecule has 0 saturated heterocycles. The molecule has 0 radical (unpaired) electrons. The average Bonchev–Trinajstić information content (AvgIpc) is 2.54. The number of hydrogen-bond acceptors (Lipinski definition) is 2. The van der Waals surface area contributed by atoms with Gasteiger partial charge < -0.3 is 0 Å². The van der Waals surface area contributed by atoms with Crippen LogP contribution in [0.15, 0.2) is 36.1 Å². The lowest BCUT2D eigenvalue weighted by molar-refractivity contribution is -0.134. The van der Waals surface area contributed by atoms with E-state index in [2.05, 4.69) is 15.9 Å². The molecular weight excluding hydrogens is 270 g/mol. The third kappa shape index (κ3) is 3.17. The maximum Gasteiger partial charge on any atom is 0.258 e. The number of imide groups is 1. The van der Waals surface area contributed by atoms with Gasteiger partial charge in [-0.1, -0.05) is 35.0 Å². The number of carbonyl (C=O) groups excluding carboxylic acids is 2. The van der Waals surface area contributed by atoms with Crippen LogP contribution in [-0.4, -0.2) is 21.5 Å². The molecule has 0 fully saturated rings. The van der Waals surface area contributed by atoms with Crippen molar-refractivity contribution in [1.29, 1.82) is 0 Å². The number of carbonyl (C=O) groups is 2. The molecule has 16 heavy (non-hydrogen) atoms. The zero-order chi connectivity index (χ0) is 12.1. The molecule has 1 atom stereocenters. The summed E-state index contributed by atoms with van der Waals surface area (Å²) in [6.07, 6.45) is 8.88. The molecule has 0 aromatic heterocycles. The molecule has 4 heteroatoms. The van der Waals surface area contributed by atoms with E-state index in [9.17, 15) is 9.59 Å². The van der Waals surface area contributed by atoms with Crippen molar-refractivity contribution in [1.82, 2.24) is 4.90 Å². The molecule has 1 rings (SSSR count). The van der Waals surface area contributed by atoms with Crippen LogP contribution < -0.4 is 0 Å². The Morgan fingerprint density at radius 3 is 2.44 bits per heavy atom. The summed E-state index contributed by atoms with van der Waals surface area (Å²) in [5, 5.41) is 0. The first-order chi connectivity index (χ1) is 7.56. The molecule has 1 aliphatic heterocycles. The molecule has 0 bridgehead atoms. The van der Waals surface area contributed by atoms with Gasteiger partial charge in [-0.3, -0.25) is 9.59 Å². The second kappa shape index (κ2) is 5.80. The van der Waals surface area contributed by atoms with Gasteiger partial charge in [-0.2, -0.15) is 0 Å². The summed E-state index contributed by atoms with van der Waals surface area (Å²) in [4.78, 5) is 24.3. The van der Waals surface area contributed by atoms with Gasteiger partial charge in [0.1, 0.15) is 0 Å². The molecule has 1 heterocycles. The van der Waals surface area contributed by atoms with Crippen molar-refractivity contribution in [3.05, 3.63) is 36.1 Å². The first-order valence-electron chi connectivity index (χ1n) is 5.14. The van der Waals surface area contributed by atoms with E-state index in [0.29, 0.717) is 5.70 Å². The van der Waals surface area contributed by atoms with Crippen LogP contribution in [0, 0.1) is 0 Å². The normalized spacial score (nSPS) is 18.9. The SMILES string of the molecule is CC/C=C(\C=C/C(C)Br)N1C(=O)C=CC1=O. The summed E-state index contributed by atoms with van der Waals surface area (Å²) in [5.74, 6) is -0.562. The monoisotopic (exact) mass is 283 g/mol. The zero-order valence-electron chi connectivity index (χ0n) is 9.31. The van der Waals surface area contributed by atoms with Gasteiger partial charge >= 0.3 is 0 Å². The van der Waals surface area contributed by atoms with Gasteiger partial charge in [-0.25, -0.2) is 4.90 Å². The van der Waals surface area contributed by atoms with E-state index in [4.69, 9.17) is 0 Å². The second-order valence-corrected chi connectivity index (χ2v) is 4.86. The Morgan fingerprint density at radius 2 is 2.00 bits per heavy atom. The van der Waals surface area contributed by atoms with Gasteiger partial charge in [-0.05, 0) is 19.4 Å². The highest BCUT2D eigenvalue weighted by Crippen LogP contribution is 2.15. The standard InChI is InChI=1S/C12H14BrNO2/c1-3-4-10(6-5-9(2)13)14-11(15)7-8-12(14)16/h4-9H,3H2,1-2H3/b6-5-,10-4+. The summed E-state index contributed by atoms with van der Waals surface area (Å²) < 4.78 is 0. The van der Waals surface area contributed by atoms with Gasteiger partial charge in [0.25, 0.3) is 11.8 Å². The Morgan fingerprint density at radius 1 is 1.44 bits per heavy atom. The van der Waals surface area contributed by atoms with Crippen LogP contribution in [0.1, 0.15) is 20.3 Å². The van der Waals surface area contributed by atoms with Crippen LogP contribution in [0.3, 0.4) is 0 Å². The van der Waals surface area contributed by atoms with Gasteiger partial charge in [0, 0.05) is 22.7 Å². The third-order valence-corrected chi connectivity index (χ3v) is 2.32. The fourth-order valence-corrected chi connectivity index (χ4v) is 1.48. The predicted molar refractivity (Wildman–Crippen MR) is 66.9 cm³/mol. The summed E-state index contributed by atoms with van der Waals surface area (Å²) in [7, 11) is 0. The predicted octanol–water partition coefficient (Wildman–Crippen LogP) is 2.54. The molecule has 0 aliphatic carbocycles. The van der Waals surface area contributed by atoms with Crippen molar-refractivity contribution in [3.63, 3.8) is 0 Å². The lowest BCUT2D eigenvalue weighted by Crippen LogP contribution is -2.28. The van der Waals surface area contributed by atoms with Crippen molar-refractivity contribution < 1.29 is 9.59 Å². The molecule has 0 saturated carbocycles. The van der Waals surface area contributed by atoms with Crippen molar-refractivity contribution in [2.75, 3.05) is 0 Å². The minimum atomic E-state index is -0.281. The van der Waals surface area contributed by atoms with Gasteiger partial charge in [0.05, 0.1) is 0 Å². The first kappa shape index (κ1) is 12.9. The van der Waals surface area contributed by atoms with Crippen molar-refractivity contribution >= 4 is 27.7 Å². The van der Waals surface area contributed by atoms with Crippen LogP contribution in [0.2, 0.25) is 0 Å². The quantitative estimate of drug-likeness (QED) is 0.452. The topological polar surface area (TPSA) is 37.4 Å². The van der Waals surface area contributed by atoms with Gasteiger partial charge in [-0.15, -0.1) is 0 Å². The van der Waals surface area contributed by atoms with Crippen molar-refractivity contribution in [2.45, 2.75) is 25.1 Å². The molecule has 1 unspecified atom stereocenters. The highest BCUT2D eigenvalue weighted by Gasteiger charge is 2.25. The molecule has 1 aliphatic rings. The fourth-order valence-electron chi connectivity index (χ4n) is 1.33. The fraction of sp³-hybridized carbons (Fsp3) is 0.333. The van der Waals surface area contributed by atoms with Crippen LogP contribution in [0.5, 0.6) is 0 Å². The Labute approximate surface area is 104 Å². The number of nitrogens with zero attached hydrogens (tertiary/aromatic N) is 1. The van der Waals surface area contributed by atoms with Gasteiger partial charge in [0.2, 0.25) is 0 Å². The molecule has 0 N–H and O–H groups in total. The Balaban J connectivity index is 2.91. The van der Waals surface area contributed by atoms with Crippen LogP contribution in [-0.2, 0) is 9.59 Å². The number of amides is 2. The smallest absolute Gasteiger partial charge is 0.258 e. The maximum absolute atomic E-state index is 11.5. The minimum absolute atomic E-state index is 0.202. The summed E-state index contributed by atoms with van der Waals surface area (Å²) >= 11 is 3.37. The molecular formula is C12H14BrNO2. The van der Waals surface area contributed by atoms with Crippen LogP contribution in [0.25, 0.3) is 0 Å². The number of allylic oxidation sites excluding steroid dienone is 3. The van der Waals surface area contributed by atoms with E-state index in [0.717, 1.165) is 6.42 Å². The number of alkyl halides is 1. The van der Waals surface area contributed by atoms with E-state index in [-0.39, 0.29) is 16.6 Å². The molecule has 2 amide bonds. The number of hydrogen-bond donors (Lipinski definition) is 0. The molecule has 3 nitrogen and oxygen atoms in total. The Bertz CT molecular complexity index is 362. The third-order valence-electron chi connectivity index (χ3n) is 2.01. The lowest BCUT2D eigenvalue weighted by Gasteiger charge is -2.15. The summed E-state index contributed by atoms with van der Waals surface area (Å²) in [6.45, 7) is 3.93. The van der Waals surface area contributed by atoms with E-state index >= 15 is 0 Å². The largest absolute Gasteiger partial charge is 0.269 e. The molecule has 0 spiro atoms. The van der Waals surface area contributed by atoms with Gasteiger partial charge in [0.15, 0.2) is 0 Å². The summed E-state index contributed by atoms with van der Waals surface area (Å²) in [6, 6.07) is 0. The maximum atomic E-state index is 11.5. The molecule has 0 aromatic rings. The van der Waals surface area contributed by atoms with E-state index in [1.165, 1.54) is 17.1 Å². The number of rotatable bonds is 4. The van der Waals surface area contributed by atoms with E-state index < -0.39 is 0 Å². The highest BCUT2D eigenvalue weighted by atomic mass is 79.9. The first-order valence-corrected chi connectivity index (χ1v) is 6.06. The Kier molecular flexibility index (Phi) is 4.68. The second-order valence-electron chi connectivity index (χ2n) is 3.42. The zero-order valence-corrected chi connectivity index (χ0v) is 10.9. The average molecular weight is 284 g/mol. The number of halogens is 1. The van der Waals surface area contributed by atoms with Crippen molar-refractivity contribution in [3.8, 4) is 0 Å².